The molecule has 0 bridgehead atoms. The van der Waals surface area contributed by atoms with Crippen molar-refractivity contribution in [2.75, 3.05) is 5.73 Å². The number of aromatic nitrogens is 2. The van der Waals surface area contributed by atoms with E-state index in [4.69, 9.17) is 10.5 Å². The van der Waals surface area contributed by atoms with E-state index < -0.39 is 0 Å². The van der Waals surface area contributed by atoms with Gasteiger partial charge in [0.05, 0.1) is 11.3 Å². The molecule has 0 atom stereocenters. The summed E-state index contributed by atoms with van der Waals surface area (Å²) in [5.74, 6) is 1.15. The molecule has 0 aliphatic heterocycles. The van der Waals surface area contributed by atoms with Gasteiger partial charge in [-0.1, -0.05) is 18.2 Å². The summed E-state index contributed by atoms with van der Waals surface area (Å²) in [6, 6.07) is 14.4. The fraction of sp³-hybridized carbons (Fsp3) is 0.0526. The van der Waals surface area contributed by atoms with E-state index in [1.165, 1.54) is 6.33 Å². The van der Waals surface area contributed by atoms with Gasteiger partial charge < -0.3 is 15.6 Å². The molecule has 2 aromatic carbocycles. The maximum Gasteiger partial charge on any atom is 0.229 e. The quantitative estimate of drug-likeness (QED) is 0.721. The highest BCUT2D eigenvalue weighted by Gasteiger charge is 2.20. The predicted molar refractivity (Wildman–Crippen MR) is 92.6 cm³/mol. The van der Waals surface area contributed by atoms with Crippen LogP contribution >= 0.6 is 0 Å². The third-order valence-electron chi connectivity index (χ3n) is 3.90. The van der Waals surface area contributed by atoms with Crippen LogP contribution in [0.5, 0.6) is 17.4 Å². The summed E-state index contributed by atoms with van der Waals surface area (Å²) < 4.78 is 5.83. The van der Waals surface area contributed by atoms with Crippen molar-refractivity contribution in [1.29, 1.82) is 0 Å². The molecule has 3 N–H and O–H groups in total. The third-order valence-corrected chi connectivity index (χ3v) is 3.90. The van der Waals surface area contributed by atoms with Gasteiger partial charge in [-0.05, 0) is 41.5 Å². The number of hydrogen-bond donors (Lipinski definition) is 2. The van der Waals surface area contributed by atoms with Crippen molar-refractivity contribution in [2.24, 2.45) is 0 Å². The molecule has 1 aliphatic carbocycles. The van der Waals surface area contributed by atoms with E-state index in [9.17, 15) is 5.11 Å². The number of aromatic hydroxyl groups is 1. The number of rotatable bonds is 3. The number of fused-ring (bicyclic) bond motifs is 1. The van der Waals surface area contributed by atoms with Gasteiger partial charge in [0.2, 0.25) is 5.88 Å². The van der Waals surface area contributed by atoms with Crippen molar-refractivity contribution in [1.82, 2.24) is 9.97 Å². The zero-order valence-corrected chi connectivity index (χ0v) is 12.8. The molecule has 0 saturated heterocycles. The molecule has 0 spiro atoms. The topological polar surface area (TPSA) is 81.3 Å². The van der Waals surface area contributed by atoms with Gasteiger partial charge in [0.25, 0.3) is 0 Å². The van der Waals surface area contributed by atoms with E-state index in [2.05, 4.69) is 9.97 Å². The molecule has 0 fully saturated rings. The average molecular weight is 317 g/mol. The fourth-order valence-electron chi connectivity index (χ4n) is 2.77. The lowest BCUT2D eigenvalue weighted by Crippen LogP contribution is -1.96. The summed E-state index contributed by atoms with van der Waals surface area (Å²) in [5, 5.41) is 9.56. The Morgan fingerprint density at radius 1 is 1.04 bits per heavy atom. The average Bonchev–Trinajstić information content (AvgIpc) is 3.00. The molecule has 1 aromatic heterocycles. The Morgan fingerprint density at radius 2 is 1.92 bits per heavy atom. The second kappa shape index (κ2) is 5.70. The fourth-order valence-corrected chi connectivity index (χ4v) is 2.77. The Morgan fingerprint density at radius 3 is 2.75 bits per heavy atom. The lowest BCUT2D eigenvalue weighted by atomic mass is 10.0. The molecule has 4 rings (SSSR count). The maximum atomic E-state index is 9.56. The number of phenolic OH excluding ortho intramolecular Hbond substituents is 1. The second-order valence-electron chi connectivity index (χ2n) is 5.61. The van der Waals surface area contributed by atoms with Crippen LogP contribution in [0.4, 0.5) is 5.69 Å². The van der Waals surface area contributed by atoms with Crippen LogP contribution in [0, 0.1) is 0 Å². The first-order chi connectivity index (χ1) is 11.7. The minimum absolute atomic E-state index is 0.147. The summed E-state index contributed by atoms with van der Waals surface area (Å²) in [5.41, 5.74) is 10.6. The zero-order chi connectivity index (χ0) is 16.5. The smallest absolute Gasteiger partial charge is 0.229 e. The summed E-state index contributed by atoms with van der Waals surface area (Å²) in [7, 11) is 0. The molecule has 5 heteroatoms. The highest BCUT2D eigenvalue weighted by atomic mass is 16.5. The molecule has 0 radical (unpaired) electrons. The molecule has 0 amide bonds. The van der Waals surface area contributed by atoms with Crippen molar-refractivity contribution in [2.45, 2.75) is 6.42 Å². The largest absolute Gasteiger partial charge is 0.508 e. The van der Waals surface area contributed by atoms with E-state index in [1.54, 1.807) is 24.3 Å². The van der Waals surface area contributed by atoms with Crippen LogP contribution in [-0.4, -0.2) is 15.1 Å². The lowest BCUT2D eigenvalue weighted by Gasteiger charge is -2.07. The Kier molecular flexibility index (Phi) is 3.39. The van der Waals surface area contributed by atoms with Gasteiger partial charge in [-0.25, -0.2) is 9.97 Å². The Labute approximate surface area is 139 Å². The normalized spacial score (nSPS) is 12.6. The Balaban J connectivity index is 1.70. The Bertz CT molecular complexity index is 951. The van der Waals surface area contributed by atoms with Gasteiger partial charge in [-0.3, -0.25) is 0 Å². The predicted octanol–water partition coefficient (Wildman–Crippen LogP) is 3.65. The molecule has 1 heterocycles. The summed E-state index contributed by atoms with van der Waals surface area (Å²) in [6.45, 7) is 0. The summed E-state index contributed by atoms with van der Waals surface area (Å²) in [4.78, 5) is 8.59. The van der Waals surface area contributed by atoms with Crippen LogP contribution in [0.1, 0.15) is 16.8 Å². The zero-order valence-electron chi connectivity index (χ0n) is 12.8. The van der Waals surface area contributed by atoms with Gasteiger partial charge in [-0.2, -0.15) is 0 Å². The van der Waals surface area contributed by atoms with Gasteiger partial charge in [0.1, 0.15) is 17.8 Å². The minimum Gasteiger partial charge on any atom is -0.508 e. The number of phenols is 1. The van der Waals surface area contributed by atoms with E-state index in [-0.39, 0.29) is 5.75 Å². The van der Waals surface area contributed by atoms with Crippen LogP contribution in [0.15, 0.2) is 54.9 Å². The van der Waals surface area contributed by atoms with Crippen LogP contribution in [0.3, 0.4) is 0 Å². The van der Waals surface area contributed by atoms with Gasteiger partial charge >= 0.3 is 0 Å². The molecular formula is C19H15N3O2. The third kappa shape index (κ3) is 2.67. The number of anilines is 1. The molecule has 3 aromatic rings. The first-order valence-corrected chi connectivity index (χ1v) is 7.56. The van der Waals surface area contributed by atoms with E-state index in [1.807, 2.05) is 30.3 Å². The molecule has 1 aliphatic rings. The van der Waals surface area contributed by atoms with E-state index >= 15 is 0 Å². The van der Waals surface area contributed by atoms with Crippen molar-refractivity contribution < 1.29 is 9.84 Å². The second-order valence-corrected chi connectivity index (χ2v) is 5.61. The summed E-state index contributed by atoms with van der Waals surface area (Å²) >= 11 is 0. The van der Waals surface area contributed by atoms with E-state index in [0.717, 1.165) is 28.1 Å². The van der Waals surface area contributed by atoms with Gasteiger partial charge in [0.15, 0.2) is 0 Å². The maximum absolute atomic E-state index is 9.56. The number of benzene rings is 2. The van der Waals surface area contributed by atoms with E-state index in [0.29, 0.717) is 18.1 Å². The number of nitrogens with zero attached hydrogens (tertiary/aromatic N) is 2. The number of nitrogen functional groups attached to an aromatic ring is 1. The van der Waals surface area contributed by atoms with Crippen molar-refractivity contribution in [3.8, 4) is 17.4 Å². The molecule has 24 heavy (non-hydrogen) atoms. The Hall–Kier alpha value is -3.34. The van der Waals surface area contributed by atoms with Gasteiger partial charge in [-0.15, -0.1) is 0 Å². The van der Waals surface area contributed by atoms with Crippen LogP contribution in [0.25, 0.3) is 11.6 Å². The van der Waals surface area contributed by atoms with Crippen LogP contribution in [0.2, 0.25) is 0 Å². The number of allylic oxidation sites excluding steroid dienone is 1. The first-order valence-electron chi connectivity index (χ1n) is 7.56. The molecular weight excluding hydrogens is 302 g/mol. The standard InChI is InChI=1S/C19H15N3O2/c20-14-4-1-3-12(7-14)13-8-17-18(9-13)21-11-22-19(17)24-16-6-2-5-15(23)10-16/h1-8,10-11,23H,9,20H2. The SMILES string of the molecule is Nc1cccc(C2=Cc3c(ncnc3Oc3cccc(O)c3)C2)c1. The number of nitrogens with two attached hydrogens (primary N) is 1. The van der Waals surface area contributed by atoms with Crippen LogP contribution in [-0.2, 0) is 6.42 Å². The monoisotopic (exact) mass is 317 g/mol. The molecule has 0 unspecified atom stereocenters. The highest BCUT2D eigenvalue weighted by Crippen LogP contribution is 2.36. The lowest BCUT2D eigenvalue weighted by molar-refractivity contribution is 0.443. The highest BCUT2D eigenvalue weighted by molar-refractivity contribution is 5.89. The van der Waals surface area contributed by atoms with Crippen LogP contribution < -0.4 is 10.5 Å². The first kappa shape index (κ1) is 14.3. The van der Waals surface area contributed by atoms with Crippen molar-refractivity contribution >= 4 is 17.3 Å². The van der Waals surface area contributed by atoms with Crippen molar-refractivity contribution in [3.05, 3.63) is 71.7 Å². The molecule has 5 nitrogen and oxygen atoms in total. The number of hydrogen-bond acceptors (Lipinski definition) is 5. The summed E-state index contributed by atoms with van der Waals surface area (Å²) in [6.07, 6.45) is 4.23. The molecule has 0 saturated carbocycles. The van der Waals surface area contributed by atoms with Gasteiger partial charge in [0, 0.05) is 18.2 Å². The van der Waals surface area contributed by atoms with Crippen molar-refractivity contribution in [3.63, 3.8) is 0 Å². The number of ether oxygens (including phenoxy) is 1. The minimum atomic E-state index is 0.147. The molecule has 118 valence electrons.